The van der Waals surface area contributed by atoms with Gasteiger partial charge in [0.1, 0.15) is 5.50 Å². The molecule has 0 rings (SSSR count). The van der Waals surface area contributed by atoms with Crippen LogP contribution in [0.1, 0.15) is 13.8 Å². The summed E-state index contributed by atoms with van der Waals surface area (Å²) in [4.78, 5) is 0. The van der Waals surface area contributed by atoms with Crippen LogP contribution in [-0.2, 0) is 0 Å². The Labute approximate surface area is 99.9 Å². The molecule has 1 N–H and O–H groups in total. The molecule has 0 saturated heterocycles. The van der Waals surface area contributed by atoms with Gasteiger partial charge in [-0.25, -0.2) is 5.32 Å². The summed E-state index contributed by atoms with van der Waals surface area (Å²) in [5, 5.41) is 2.61. The molecule has 5 heteroatoms. The van der Waals surface area contributed by atoms with E-state index >= 15 is 0 Å². The molecule has 1 atom stereocenters. The molecule has 0 aliphatic rings. The molecule has 0 spiro atoms. The molecule has 0 fully saturated rings. The number of alkyl halides is 3. The van der Waals surface area contributed by atoms with Crippen molar-refractivity contribution >= 4 is 47.2 Å². The van der Waals surface area contributed by atoms with E-state index in [1.807, 2.05) is 0 Å². The molecule has 0 aromatic heterocycles. The summed E-state index contributed by atoms with van der Waals surface area (Å²) < 4.78 is -1.33. The third-order valence-electron chi connectivity index (χ3n) is 0.861. The van der Waals surface area contributed by atoms with Gasteiger partial charge >= 0.3 is 0 Å². The van der Waals surface area contributed by atoms with E-state index in [0.29, 0.717) is 0 Å². The van der Waals surface area contributed by atoms with Crippen molar-refractivity contribution in [3.63, 3.8) is 0 Å². The normalized spacial score (nSPS) is 11.2. The lowest BCUT2D eigenvalue weighted by atomic mass is 10.5. The molecule has 0 amide bonds. The molecule has 0 aliphatic heterocycles. The van der Waals surface area contributed by atoms with Crippen molar-refractivity contribution in [3.05, 3.63) is 0 Å². The first kappa shape index (κ1) is 15.7. The highest BCUT2D eigenvalue weighted by molar-refractivity contribution is 6.50. The van der Waals surface area contributed by atoms with Crippen LogP contribution in [0.5, 0.6) is 0 Å². The lowest BCUT2D eigenvalue weighted by Crippen LogP contribution is -2.37. The average Bonchev–Trinajstić information content (AvgIpc) is 1.85. The highest BCUT2D eigenvalue weighted by atomic mass is 35.5. The van der Waals surface area contributed by atoms with Crippen LogP contribution in [0.3, 0.4) is 0 Å². The zero-order valence-electron chi connectivity index (χ0n) is 7.12. The molecular weight excluding hydrogens is 252 g/mol. The average molecular weight is 261 g/mol. The third kappa shape index (κ3) is 8.57. The van der Waals surface area contributed by atoms with E-state index in [4.69, 9.17) is 34.8 Å². The zero-order chi connectivity index (χ0) is 9.61. The minimum Gasteiger partial charge on any atom is -0.249 e. The number of rotatable bonds is 2. The van der Waals surface area contributed by atoms with Crippen molar-refractivity contribution in [1.82, 2.24) is 5.32 Å². The summed E-state index contributed by atoms with van der Waals surface area (Å²) in [6.07, 6.45) is 0. The van der Waals surface area contributed by atoms with E-state index < -0.39 is 9.96 Å². The van der Waals surface area contributed by atoms with Crippen LogP contribution in [0.15, 0.2) is 0 Å². The second kappa shape index (κ2) is 7.63. The second-order valence-corrected chi connectivity index (χ2v) is 3.61. The lowest BCUT2D eigenvalue weighted by molar-refractivity contribution is 0.724. The molecule has 0 radical (unpaired) electrons. The first-order valence-electron chi connectivity index (χ1n) is 3.17. The highest BCUT2D eigenvalue weighted by Crippen LogP contribution is 2.17. The highest BCUT2D eigenvalue weighted by Gasteiger charge is 2.22. The van der Waals surface area contributed by atoms with Crippen LogP contribution in [0.25, 0.3) is 0 Å². The van der Waals surface area contributed by atoms with E-state index in [9.17, 15) is 0 Å². The predicted molar refractivity (Wildman–Crippen MR) is 61.4 cm³/mol. The van der Waals surface area contributed by atoms with Crippen molar-refractivity contribution in [3.8, 4) is 23.7 Å². The Balaban J connectivity index is 0. The molecule has 74 valence electrons. The molecule has 0 heterocycles. The van der Waals surface area contributed by atoms with E-state index in [2.05, 4.69) is 29.0 Å². The van der Waals surface area contributed by atoms with Crippen molar-refractivity contribution in [2.75, 3.05) is 0 Å². The van der Waals surface area contributed by atoms with E-state index in [0.717, 1.165) is 0 Å². The van der Waals surface area contributed by atoms with Gasteiger partial charge in [-0.3, -0.25) is 0 Å². The largest absolute Gasteiger partial charge is 0.249 e. The summed E-state index contributed by atoms with van der Waals surface area (Å²) in [5.41, 5.74) is -0.592. The molecule has 0 aromatic carbocycles. The summed E-state index contributed by atoms with van der Waals surface area (Å²) in [5.74, 6) is 10.4. The first-order chi connectivity index (χ1) is 5.52. The maximum Gasteiger partial charge on any atom is 0.233 e. The Bertz CT molecular complexity index is 253. The quantitative estimate of drug-likeness (QED) is 0.458. The molecular formula is C8H9Cl4N. The van der Waals surface area contributed by atoms with Gasteiger partial charge in [-0.2, -0.15) is 0 Å². The zero-order valence-corrected chi connectivity index (χ0v) is 10.2. The number of hydrogen-bond donors (Lipinski definition) is 1. The van der Waals surface area contributed by atoms with Crippen LogP contribution < -0.4 is 5.32 Å². The Morgan fingerprint density at radius 3 is 2.15 bits per heavy atom. The smallest absolute Gasteiger partial charge is 0.233 e. The molecule has 0 saturated carbocycles. The Kier molecular flexibility index (Phi) is 9.21. The van der Waals surface area contributed by atoms with Gasteiger partial charge in [0.15, 0.2) is 0 Å². The number of hydrogen-bond acceptors (Lipinski definition) is 1. The van der Waals surface area contributed by atoms with Gasteiger partial charge in [-0.1, -0.05) is 40.7 Å². The molecule has 13 heavy (non-hydrogen) atoms. The van der Waals surface area contributed by atoms with Crippen LogP contribution in [-0.4, -0.2) is 9.96 Å². The van der Waals surface area contributed by atoms with E-state index in [1.165, 1.54) is 0 Å². The minimum atomic E-state index is -1.33. The monoisotopic (exact) mass is 259 g/mol. The molecule has 1 nitrogen and oxygen atoms in total. The van der Waals surface area contributed by atoms with Crippen LogP contribution in [0.2, 0.25) is 0 Å². The molecule has 1 unspecified atom stereocenters. The third-order valence-corrected chi connectivity index (χ3v) is 1.49. The van der Waals surface area contributed by atoms with Gasteiger partial charge in [-0.15, -0.1) is 24.2 Å². The maximum atomic E-state index is 5.70. The second-order valence-electron chi connectivity index (χ2n) is 1.85. The Morgan fingerprint density at radius 2 is 1.77 bits per heavy atom. The molecule has 0 aliphatic carbocycles. The first-order valence-corrected chi connectivity index (χ1v) is 4.37. The summed E-state index contributed by atoms with van der Waals surface area (Å²) in [6, 6.07) is 0. The van der Waals surface area contributed by atoms with Gasteiger partial charge in [0, 0.05) is 0 Å². The van der Waals surface area contributed by atoms with Crippen molar-refractivity contribution < 1.29 is 0 Å². The van der Waals surface area contributed by atoms with Crippen LogP contribution in [0, 0.1) is 23.7 Å². The maximum absolute atomic E-state index is 5.70. The molecule has 0 bridgehead atoms. The van der Waals surface area contributed by atoms with Crippen LogP contribution >= 0.6 is 47.2 Å². The summed E-state index contributed by atoms with van der Waals surface area (Å²) in [7, 11) is 0. The van der Waals surface area contributed by atoms with Gasteiger partial charge < -0.3 is 0 Å². The fourth-order valence-electron chi connectivity index (χ4n) is 0.515. The molecule has 0 aromatic rings. The predicted octanol–water partition coefficient (Wildman–Crippen LogP) is 2.74. The summed E-state index contributed by atoms with van der Waals surface area (Å²) in [6.45, 7) is 3.31. The fourth-order valence-corrected chi connectivity index (χ4v) is 1.31. The standard InChI is InChI=1S/C8H8Cl3N.ClH/c1-3-5-7(9)12-8(10,11)6-4-2;/h7,12H,1-2H3;1H. The van der Waals surface area contributed by atoms with E-state index in [-0.39, 0.29) is 12.4 Å². The van der Waals surface area contributed by atoms with Crippen molar-refractivity contribution in [1.29, 1.82) is 0 Å². The summed E-state index contributed by atoms with van der Waals surface area (Å²) >= 11 is 17.1. The van der Waals surface area contributed by atoms with Crippen LogP contribution in [0.4, 0.5) is 0 Å². The van der Waals surface area contributed by atoms with Gasteiger partial charge in [0.2, 0.25) is 4.46 Å². The SMILES string of the molecule is CC#CC(Cl)NC(Cl)(Cl)C#CC.Cl. The van der Waals surface area contributed by atoms with E-state index in [1.54, 1.807) is 13.8 Å². The topological polar surface area (TPSA) is 12.0 Å². The number of halogens is 4. The van der Waals surface area contributed by atoms with Gasteiger partial charge in [0.05, 0.1) is 0 Å². The van der Waals surface area contributed by atoms with Gasteiger partial charge in [0.25, 0.3) is 0 Å². The van der Waals surface area contributed by atoms with Crippen molar-refractivity contribution in [2.24, 2.45) is 0 Å². The minimum absolute atomic E-state index is 0. The van der Waals surface area contributed by atoms with Crippen molar-refractivity contribution in [2.45, 2.75) is 23.8 Å². The van der Waals surface area contributed by atoms with Gasteiger partial charge in [-0.05, 0) is 19.8 Å². The number of nitrogens with one attached hydrogen (secondary N) is 1. The fraction of sp³-hybridized carbons (Fsp3) is 0.500. The lowest BCUT2D eigenvalue weighted by Gasteiger charge is -2.15. The Hall–Kier alpha value is 0.240. The Morgan fingerprint density at radius 1 is 1.23 bits per heavy atom.